The van der Waals surface area contributed by atoms with Gasteiger partial charge in [0.25, 0.3) is 0 Å². The molecule has 1 aliphatic carbocycles. The second-order valence-electron chi connectivity index (χ2n) is 4.21. The number of nitrogens with zero attached hydrogens (tertiary/aromatic N) is 1. The van der Waals surface area contributed by atoms with Gasteiger partial charge in [0.15, 0.2) is 0 Å². The van der Waals surface area contributed by atoms with Gasteiger partial charge >= 0.3 is 0 Å². The average Bonchev–Trinajstić information content (AvgIpc) is 3.01. The molecule has 4 nitrogen and oxygen atoms in total. The lowest BCUT2D eigenvalue weighted by molar-refractivity contribution is -0.120. The molecule has 0 spiro atoms. The van der Waals surface area contributed by atoms with Crippen LogP contribution in [-0.4, -0.2) is 24.0 Å². The second kappa shape index (κ2) is 5.41. The number of rotatable bonds is 6. The number of amides is 1. The molecular weight excluding hydrogens is 222 g/mol. The van der Waals surface area contributed by atoms with Gasteiger partial charge in [0, 0.05) is 18.0 Å². The Morgan fingerprint density at radius 1 is 1.62 bits per heavy atom. The van der Waals surface area contributed by atoms with E-state index >= 15 is 0 Å². The van der Waals surface area contributed by atoms with Crippen molar-refractivity contribution in [3.8, 4) is 0 Å². The molecule has 0 atom stereocenters. The molecule has 0 radical (unpaired) electrons. The van der Waals surface area contributed by atoms with E-state index in [9.17, 15) is 4.79 Å². The quantitative estimate of drug-likeness (QED) is 0.780. The Hall–Kier alpha value is -0.940. The smallest absolute Gasteiger partial charge is 0.233 e. The minimum atomic E-state index is 0.0917. The predicted octanol–water partition coefficient (Wildman–Crippen LogP) is 1.07. The summed E-state index contributed by atoms with van der Waals surface area (Å²) in [5, 5.41) is 6.06. The van der Waals surface area contributed by atoms with Crippen molar-refractivity contribution in [2.24, 2.45) is 5.92 Å². The Morgan fingerprint density at radius 3 is 3.06 bits per heavy atom. The molecule has 1 aromatic rings. The summed E-state index contributed by atoms with van der Waals surface area (Å²) in [7, 11) is 0. The van der Waals surface area contributed by atoms with Crippen LogP contribution in [0.1, 0.15) is 23.4 Å². The maximum atomic E-state index is 11.4. The zero-order valence-corrected chi connectivity index (χ0v) is 10.3. The van der Waals surface area contributed by atoms with Crippen LogP contribution in [0.3, 0.4) is 0 Å². The maximum absolute atomic E-state index is 11.4. The molecule has 1 aliphatic rings. The first-order valence-corrected chi connectivity index (χ1v) is 6.50. The maximum Gasteiger partial charge on any atom is 0.233 e. The molecule has 16 heavy (non-hydrogen) atoms. The van der Waals surface area contributed by atoms with E-state index < -0.39 is 0 Å². The first-order chi connectivity index (χ1) is 7.75. The van der Waals surface area contributed by atoms with Gasteiger partial charge in [-0.2, -0.15) is 0 Å². The van der Waals surface area contributed by atoms with Crippen LogP contribution in [0.25, 0.3) is 0 Å². The van der Waals surface area contributed by atoms with Crippen molar-refractivity contribution in [1.82, 2.24) is 15.6 Å². The van der Waals surface area contributed by atoms with E-state index in [0.29, 0.717) is 6.54 Å². The fraction of sp³-hybridized carbons (Fsp3) is 0.636. The molecule has 1 fully saturated rings. The third-order valence-corrected chi connectivity index (χ3v) is 3.64. The second-order valence-corrected chi connectivity index (χ2v) is 5.15. The molecule has 1 heterocycles. The number of carbonyl (C=O) groups excluding carboxylic acids is 1. The van der Waals surface area contributed by atoms with E-state index in [1.807, 2.05) is 12.4 Å². The van der Waals surface area contributed by atoms with Crippen LogP contribution in [0, 0.1) is 12.8 Å². The Labute approximate surface area is 99.5 Å². The summed E-state index contributed by atoms with van der Waals surface area (Å²) in [5.74, 6) is 0.835. The minimum Gasteiger partial charge on any atom is -0.355 e. The molecule has 0 unspecified atom stereocenters. The van der Waals surface area contributed by atoms with Gasteiger partial charge in [-0.15, -0.1) is 11.3 Å². The van der Waals surface area contributed by atoms with Crippen molar-refractivity contribution in [2.75, 3.05) is 13.1 Å². The van der Waals surface area contributed by atoms with E-state index in [2.05, 4.69) is 15.6 Å². The summed E-state index contributed by atoms with van der Waals surface area (Å²) in [6.45, 7) is 3.96. The van der Waals surface area contributed by atoms with Gasteiger partial charge in [-0.05, 0) is 25.7 Å². The van der Waals surface area contributed by atoms with Crippen molar-refractivity contribution < 1.29 is 4.79 Å². The van der Waals surface area contributed by atoms with Crippen LogP contribution in [0.4, 0.5) is 0 Å². The number of aromatic nitrogens is 1. The van der Waals surface area contributed by atoms with E-state index in [4.69, 9.17) is 0 Å². The normalized spacial score (nSPS) is 15.1. The predicted molar refractivity (Wildman–Crippen MR) is 64.3 cm³/mol. The van der Waals surface area contributed by atoms with Crippen LogP contribution in [0.5, 0.6) is 0 Å². The van der Waals surface area contributed by atoms with Gasteiger partial charge in [0.1, 0.15) is 0 Å². The van der Waals surface area contributed by atoms with Gasteiger partial charge in [-0.1, -0.05) is 0 Å². The van der Waals surface area contributed by atoms with Crippen LogP contribution < -0.4 is 10.6 Å². The van der Waals surface area contributed by atoms with Gasteiger partial charge in [-0.3, -0.25) is 4.79 Å². The zero-order chi connectivity index (χ0) is 11.4. The SMILES string of the molecule is Cc1ncsc1CNCC(=O)NCC1CC1. The molecule has 1 saturated carbocycles. The number of nitrogens with one attached hydrogen (secondary N) is 2. The monoisotopic (exact) mass is 239 g/mol. The zero-order valence-electron chi connectivity index (χ0n) is 9.45. The third kappa shape index (κ3) is 3.57. The number of hydrogen-bond acceptors (Lipinski definition) is 4. The fourth-order valence-electron chi connectivity index (χ4n) is 1.43. The van der Waals surface area contributed by atoms with Crippen LogP contribution in [0.2, 0.25) is 0 Å². The van der Waals surface area contributed by atoms with Crippen LogP contribution in [-0.2, 0) is 11.3 Å². The molecule has 2 rings (SSSR count). The van der Waals surface area contributed by atoms with Crippen LogP contribution in [0.15, 0.2) is 5.51 Å². The Balaban J connectivity index is 1.59. The molecule has 1 amide bonds. The molecular formula is C11H17N3OS. The molecule has 5 heteroatoms. The van der Waals surface area contributed by atoms with E-state index in [1.54, 1.807) is 11.3 Å². The summed E-state index contributed by atoms with van der Waals surface area (Å²) < 4.78 is 0. The summed E-state index contributed by atoms with van der Waals surface area (Å²) in [6, 6.07) is 0. The largest absolute Gasteiger partial charge is 0.355 e. The molecule has 0 bridgehead atoms. The highest BCUT2D eigenvalue weighted by Gasteiger charge is 2.21. The molecule has 0 aromatic carbocycles. The van der Waals surface area contributed by atoms with E-state index in [0.717, 1.165) is 24.7 Å². The first-order valence-electron chi connectivity index (χ1n) is 5.62. The summed E-state index contributed by atoms with van der Waals surface area (Å²) in [4.78, 5) is 16.8. The summed E-state index contributed by atoms with van der Waals surface area (Å²) >= 11 is 1.62. The standard InChI is InChI=1S/C11H17N3OS/c1-8-10(16-7-14-8)5-12-6-11(15)13-4-9-2-3-9/h7,9,12H,2-6H2,1H3,(H,13,15). The first kappa shape index (κ1) is 11.5. The lowest BCUT2D eigenvalue weighted by Gasteiger charge is -2.05. The molecule has 1 aromatic heterocycles. The van der Waals surface area contributed by atoms with Crippen molar-refractivity contribution in [1.29, 1.82) is 0 Å². The highest BCUT2D eigenvalue weighted by atomic mass is 32.1. The Morgan fingerprint density at radius 2 is 2.44 bits per heavy atom. The van der Waals surface area contributed by atoms with Gasteiger partial charge in [0.2, 0.25) is 5.91 Å². The lowest BCUT2D eigenvalue weighted by Crippen LogP contribution is -2.34. The number of carbonyl (C=O) groups is 1. The number of thiazole rings is 1. The summed E-state index contributed by atoms with van der Waals surface area (Å²) in [5.41, 5.74) is 2.88. The van der Waals surface area contributed by atoms with Gasteiger partial charge in [-0.25, -0.2) is 4.98 Å². The van der Waals surface area contributed by atoms with Crippen molar-refractivity contribution in [2.45, 2.75) is 26.3 Å². The van der Waals surface area contributed by atoms with Gasteiger partial charge < -0.3 is 10.6 Å². The summed E-state index contributed by atoms with van der Waals surface area (Å²) in [6.07, 6.45) is 2.54. The lowest BCUT2D eigenvalue weighted by atomic mass is 10.4. The Kier molecular flexibility index (Phi) is 3.90. The van der Waals surface area contributed by atoms with Crippen molar-refractivity contribution in [3.05, 3.63) is 16.1 Å². The Bertz CT molecular complexity index is 360. The number of hydrogen-bond donors (Lipinski definition) is 2. The highest BCUT2D eigenvalue weighted by Crippen LogP contribution is 2.27. The minimum absolute atomic E-state index is 0.0917. The van der Waals surface area contributed by atoms with E-state index in [-0.39, 0.29) is 5.91 Å². The highest BCUT2D eigenvalue weighted by molar-refractivity contribution is 7.09. The average molecular weight is 239 g/mol. The van der Waals surface area contributed by atoms with Gasteiger partial charge in [0.05, 0.1) is 17.7 Å². The third-order valence-electron chi connectivity index (χ3n) is 2.70. The fourth-order valence-corrected chi connectivity index (χ4v) is 2.17. The molecule has 0 aliphatic heterocycles. The number of aryl methyl sites for hydroxylation is 1. The van der Waals surface area contributed by atoms with E-state index in [1.165, 1.54) is 17.7 Å². The topological polar surface area (TPSA) is 54.0 Å². The molecule has 0 saturated heterocycles. The van der Waals surface area contributed by atoms with Crippen molar-refractivity contribution in [3.63, 3.8) is 0 Å². The van der Waals surface area contributed by atoms with Crippen LogP contribution >= 0.6 is 11.3 Å². The molecule has 2 N–H and O–H groups in total. The molecule has 88 valence electrons. The van der Waals surface area contributed by atoms with Crippen molar-refractivity contribution >= 4 is 17.2 Å².